The number of aromatic nitrogens is 1. The molecule has 0 amide bonds. The van der Waals surface area contributed by atoms with Gasteiger partial charge in [0.25, 0.3) is 0 Å². The predicted octanol–water partition coefficient (Wildman–Crippen LogP) is 5.41. The normalized spacial score (nSPS) is 22.7. The highest BCUT2D eigenvalue weighted by molar-refractivity contribution is 5.88. The number of aryl methyl sites for hydroxylation is 4. The number of nitrogens with zero attached hydrogens (tertiary/aromatic N) is 1. The third-order valence-corrected chi connectivity index (χ3v) is 5.31. The number of fused-ring (bicyclic) bond motifs is 3. The van der Waals surface area contributed by atoms with Crippen molar-refractivity contribution in [1.29, 1.82) is 0 Å². The Morgan fingerprint density at radius 1 is 0.960 bits per heavy atom. The number of benzene rings is 2. The molecule has 1 nitrogen and oxygen atoms in total. The van der Waals surface area contributed by atoms with Gasteiger partial charge in [-0.15, -0.1) is 0 Å². The van der Waals surface area contributed by atoms with Crippen LogP contribution in [-0.4, -0.2) is 0 Å². The fourth-order valence-corrected chi connectivity index (χ4v) is 4.10. The van der Waals surface area contributed by atoms with Gasteiger partial charge in [0.05, 0.1) is 5.56 Å². The molecule has 0 radical (unpaired) electrons. The van der Waals surface area contributed by atoms with Crippen LogP contribution in [0.15, 0.2) is 48.7 Å². The summed E-state index contributed by atoms with van der Waals surface area (Å²) in [7, 11) is 1.81. The topological polar surface area (TPSA) is 3.88 Å². The molecular formula is C24H26N+. The van der Waals surface area contributed by atoms with Gasteiger partial charge in [-0.3, -0.25) is 0 Å². The van der Waals surface area contributed by atoms with E-state index in [1.807, 2.05) is 45.2 Å². The van der Waals surface area contributed by atoms with Crippen LogP contribution in [0.5, 0.6) is 0 Å². The van der Waals surface area contributed by atoms with E-state index in [2.05, 4.69) is 6.07 Å². The Bertz CT molecular complexity index is 1210. The Balaban J connectivity index is 2.09. The lowest BCUT2D eigenvalue weighted by molar-refractivity contribution is -0.660. The maximum Gasteiger partial charge on any atom is 0.212 e. The summed E-state index contributed by atoms with van der Waals surface area (Å²) < 4.78 is 50.4. The van der Waals surface area contributed by atoms with E-state index in [1.54, 1.807) is 29.8 Å². The van der Waals surface area contributed by atoms with Gasteiger partial charge in [-0.1, -0.05) is 49.7 Å². The van der Waals surface area contributed by atoms with Crippen molar-refractivity contribution >= 4 is 0 Å². The Morgan fingerprint density at radius 2 is 1.76 bits per heavy atom. The molecular weight excluding hydrogens is 302 g/mol. The van der Waals surface area contributed by atoms with Crippen LogP contribution in [0.3, 0.4) is 0 Å². The Morgan fingerprint density at radius 3 is 2.48 bits per heavy atom. The molecule has 1 atom stereocenters. The number of pyridine rings is 1. The molecule has 0 fully saturated rings. The first kappa shape index (κ1) is 10.6. The lowest BCUT2D eigenvalue weighted by Gasteiger charge is -2.24. The van der Waals surface area contributed by atoms with Gasteiger partial charge in [-0.25, -0.2) is 4.57 Å². The van der Waals surface area contributed by atoms with E-state index < -0.39 is 19.1 Å². The quantitative estimate of drug-likeness (QED) is 0.524. The largest absolute Gasteiger partial charge is 0.212 e. The zero-order valence-electron chi connectivity index (χ0n) is 21.1. The van der Waals surface area contributed by atoms with Crippen LogP contribution in [0.1, 0.15) is 49.8 Å². The zero-order valence-corrected chi connectivity index (χ0v) is 15.1. The molecule has 126 valence electrons. The van der Waals surface area contributed by atoms with Crippen LogP contribution >= 0.6 is 0 Å². The molecule has 0 spiro atoms. The molecule has 4 rings (SSSR count). The molecule has 1 aromatic heterocycles. The van der Waals surface area contributed by atoms with Gasteiger partial charge in [0.15, 0.2) is 6.20 Å². The molecule has 1 unspecified atom stereocenters. The van der Waals surface area contributed by atoms with Gasteiger partial charge < -0.3 is 0 Å². The summed E-state index contributed by atoms with van der Waals surface area (Å²) in [6, 6.07) is 13.4. The van der Waals surface area contributed by atoms with Gasteiger partial charge in [0, 0.05) is 25.3 Å². The highest BCUT2D eigenvalue weighted by atomic mass is 14.9. The van der Waals surface area contributed by atoms with Crippen molar-refractivity contribution in [3.05, 3.63) is 76.5 Å². The van der Waals surface area contributed by atoms with Gasteiger partial charge in [-0.05, 0) is 54.6 Å². The first-order chi connectivity index (χ1) is 14.3. The van der Waals surface area contributed by atoms with Crippen molar-refractivity contribution in [3.63, 3.8) is 0 Å². The molecule has 1 aliphatic rings. The van der Waals surface area contributed by atoms with Crippen LogP contribution in [0.2, 0.25) is 0 Å². The minimum absolute atomic E-state index is 0.251. The molecule has 0 saturated carbocycles. The summed E-state index contributed by atoms with van der Waals surface area (Å²) in [5, 5.41) is 0. The summed E-state index contributed by atoms with van der Waals surface area (Å²) in [5.41, 5.74) is 6.22. The van der Waals surface area contributed by atoms with Crippen LogP contribution in [-0.2, 0) is 12.5 Å². The van der Waals surface area contributed by atoms with Crippen molar-refractivity contribution in [2.45, 2.75) is 39.9 Å². The second kappa shape index (κ2) is 5.29. The first-order valence-electron chi connectivity index (χ1n) is 11.5. The minimum Gasteiger partial charge on any atom is -0.201 e. The fraction of sp³-hybridized carbons (Fsp3) is 0.292. The molecule has 1 heteroatoms. The predicted molar refractivity (Wildman–Crippen MR) is 105 cm³/mol. The van der Waals surface area contributed by atoms with E-state index in [0.717, 1.165) is 44.6 Å². The van der Waals surface area contributed by atoms with E-state index in [9.17, 15) is 0 Å². The highest BCUT2D eigenvalue weighted by Gasteiger charge is 2.39. The maximum absolute atomic E-state index is 8.49. The summed E-state index contributed by atoms with van der Waals surface area (Å²) in [6.45, 7) is 1.32. The number of hydrogen-bond acceptors (Lipinski definition) is 0. The second-order valence-corrected chi connectivity index (χ2v) is 7.27. The molecule has 0 saturated heterocycles. The van der Waals surface area contributed by atoms with E-state index >= 15 is 0 Å². The molecule has 1 heterocycles. The van der Waals surface area contributed by atoms with Crippen molar-refractivity contribution in [2.75, 3.05) is 0 Å². The molecule has 25 heavy (non-hydrogen) atoms. The maximum atomic E-state index is 8.49. The number of rotatable bonds is 1. The molecule has 3 aromatic rings. The SMILES string of the molecule is [2H]C([2H])([2H])c1ccc(-c2c(C)ccc3c2C(C)(C([2H])([2H])[2H])c2ccc(C)cc2-3)[n+](C)c1. The number of hydrogen-bond donors (Lipinski definition) is 0. The molecule has 0 N–H and O–H groups in total. The van der Waals surface area contributed by atoms with Crippen molar-refractivity contribution in [1.82, 2.24) is 0 Å². The highest BCUT2D eigenvalue weighted by Crippen LogP contribution is 2.52. The van der Waals surface area contributed by atoms with Gasteiger partial charge in [-0.2, -0.15) is 0 Å². The fourth-order valence-electron chi connectivity index (χ4n) is 4.10. The standard InChI is InChI=1S/C24H26N/c1-15-7-11-20-19(13-15)18-10-9-17(3)22(23(18)24(20,4)5)21-12-8-16(2)14-25(21)6/h7-14H,1-6H3/q+1/i2D3,4D3. The monoisotopic (exact) mass is 334 g/mol. The van der Waals surface area contributed by atoms with E-state index in [4.69, 9.17) is 8.22 Å². The summed E-state index contributed by atoms with van der Waals surface area (Å²) in [6.07, 6.45) is 1.61. The third kappa shape index (κ3) is 2.26. The molecule has 0 bridgehead atoms. The zero-order chi connectivity index (χ0) is 22.9. The lowest BCUT2D eigenvalue weighted by Crippen LogP contribution is -2.32. The summed E-state index contributed by atoms with van der Waals surface area (Å²) >= 11 is 0. The van der Waals surface area contributed by atoms with E-state index in [1.165, 1.54) is 0 Å². The first-order valence-corrected chi connectivity index (χ1v) is 8.53. The van der Waals surface area contributed by atoms with Crippen LogP contribution in [0.4, 0.5) is 0 Å². The Labute approximate surface area is 159 Å². The third-order valence-electron chi connectivity index (χ3n) is 5.31. The van der Waals surface area contributed by atoms with Crippen LogP contribution in [0.25, 0.3) is 22.4 Å². The van der Waals surface area contributed by atoms with E-state index in [-0.39, 0.29) is 5.56 Å². The average Bonchev–Trinajstić information content (AvgIpc) is 2.91. The van der Waals surface area contributed by atoms with Crippen LogP contribution < -0.4 is 4.57 Å². The van der Waals surface area contributed by atoms with Gasteiger partial charge in [0.2, 0.25) is 5.69 Å². The Hall–Kier alpha value is -2.41. The minimum atomic E-state index is -2.26. The lowest BCUT2D eigenvalue weighted by atomic mass is 9.78. The second-order valence-electron chi connectivity index (χ2n) is 7.27. The molecule has 0 aliphatic heterocycles. The van der Waals surface area contributed by atoms with Gasteiger partial charge >= 0.3 is 0 Å². The summed E-state index contributed by atoms with van der Waals surface area (Å²) in [5.74, 6) is 0. The Kier molecular flexibility index (Phi) is 2.23. The molecule has 1 aliphatic carbocycles. The molecule has 2 aromatic carbocycles. The summed E-state index contributed by atoms with van der Waals surface area (Å²) in [4.78, 5) is 0. The van der Waals surface area contributed by atoms with Crippen molar-refractivity contribution in [3.8, 4) is 22.4 Å². The average molecular weight is 335 g/mol. The van der Waals surface area contributed by atoms with Crippen molar-refractivity contribution in [2.24, 2.45) is 7.05 Å². The van der Waals surface area contributed by atoms with Crippen molar-refractivity contribution < 1.29 is 12.8 Å². The van der Waals surface area contributed by atoms with Gasteiger partial charge in [0.1, 0.15) is 7.05 Å². The smallest absolute Gasteiger partial charge is 0.201 e. The van der Waals surface area contributed by atoms with E-state index in [0.29, 0.717) is 0 Å². The van der Waals surface area contributed by atoms with Crippen LogP contribution in [0, 0.1) is 20.7 Å².